The Kier molecular flexibility index (Phi) is 3.61. The number of ether oxygens (including phenoxy) is 2. The minimum absolute atomic E-state index is 0.287. The smallest absolute Gasteiger partial charge is 0.263 e. The monoisotopic (exact) mass is 216 g/mol. The molecule has 0 aromatic heterocycles. The number of hydrogen-bond donors (Lipinski definition) is 0. The second-order valence-corrected chi connectivity index (χ2v) is 9.20. The molecular formula is C10H20O3Si. The minimum atomic E-state index is -1.56. The van der Waals surface area contributed by atoms with E-state index in [0.717, 1.165) is 12.2 Å². The van der Waals surface area contributed by atoms with E-state index in [0.29, 0.717) is 12.6 Å². The Bertz CT molecular complexity index is 222. The molecule has 0 radical (unpaired) electrons. The molecule has 1 fully saturated rings. The van der Waals surface area contributed by atoms with Crippen LogP contribution in [-0.4, -0.2) is 27.6 Å². The molecule has 4 heteroatoms. The van der Waals surface area contributed by atoms with Crippen molar-refractivity contribution in [2.24, 2.45) is 0 Å². The largest absolute Gasteiger partial charge is 0.520 e. The summed E-state index contributed by atoms with van der Waals surface area (Å²) in [5, 5.41) is 0. The number of rotatable bonds is 5. The van der Waals surface area contributed by atoms with Gasteiger partial charge in [-0.25, -0.2) is 0 Å². The molecule has 14 heavy (non-hydrogen) atoms. The number of hydrogen-bond acceptors (Lipinski definition) is 3. The van der Waals surface area contributed by atoms with Crippen LogP contribution in [0.1, 0.15) is 13.8 Å². The zero-order valence-corrected chi connectivity index (χ0v) is 10.7. The second kappa shape index (κ2) is 4.36. The third-order valence-corrected chi connectivity index (χ3v) is 2.41. The summed E-state index contributed by atoms with van der Waals surface area (Å²) in [7, 11) is -1.56. The van der Waals surface area contributed by atoms with Gasteiger partial charge in [-0.15, -0.1) is 0 Å². The van der Waals surface area contributed by atoms with Crippen molar-refractivity contribution >= 4 is 8.32 Å². The SMILES string of the molecule is CC(C)=C(OCC1CO1)O[Si](C)(C)C. The molecule has 0 aromatic rings. The molecule has 1 aliphatic heterocycles. The molecule has 0 spiro atoms. The van der Waals surface area contributed by atoms with E-state index < -0.39 is 8.32 Å². The fourth-order valence-corrected chi connectivity index (χ4v) is 1.71. The van der Waals surface area contributed by atoms with Crippen molar-refractivity contribution in [3.05, 3.63) is 11.5 Å². The first-order chi connectivity index (χ1) is 6.38. The molecule has 1 atom stereocenters. The summed E-state index contributed by atoms with van der Waals surface area (Å²) in [4.78, 5) is 0. The lowest BCUT2D eigenvalue weighted by Gasteiger charge is -2.22. The molecule has 0 N–H and O–H groups in total. The van der Waals surface area contributed by atoms with E-state index in [1.807, 2.05) is 13.8 Å². The molecule has 0 saturated carbocycles. The summed E-state index contributed by atoms with van der Waals surface area (Å²) in [5.41, 5.74) is 1.09. The van der Waals surface area contributed by atoms with Crippen molar-refractivity contribution in [2.75, 3.05) is 13.2 Å². The third-order valence-electron chi connectivity index (χ3n) is 1.61. The van der Waals surface area contributed by atoms with Gasteiger partial charge in [-0.3, -0.25) is 0 Å². The van der Waals surface area contributed by atoms with Crippen LogP contribution >= 0.6 is 0 Å². The zero-order valence-electron chi connectivity index (χ0n) is 9.72. The molecule has 1 heterocycles. The van der Waals surface area contributed by atoms with Gasteiger partial charge in [-0.1, -0.05) is 0 Å². The van der Waals surface area contributed by atoms with E-state index in [1.54, 1.807) is 0 Å². The molecular weight excluding hydrogens is 196 g/mol. The molecule has 0 amide bonds. The van der Waals surface area contributed by atoms with Crippen LogP contribution in [0.3, 0.4) is 0 Å². The van der Waals surface area contributed by atoms with Crippen LogP contribution in [-0.2, 0) is 13.9 Å². The van der Waals surface area contributed by atoms with Gasteiger partial charge >= 0.3 is 0 Å². The van der Waals surface area contributed by atoms with Crippen LogP contribution in [0.2, 0.25) is 19.6 Å². The first-order valence-corrected chi connectivity index (χ1v) is 8.40. The van der Waals surface area contributed by atoms with Crippen molar-refractivity contribution in [1.82, 2.24) is 0 Å². The van der Waals surface area contributed by atoms with Crippen LogP contribution in [0.5, 0.6) is 0 Å². The van der Waals surface area contributed by atoms with Crippen LogP contribution in [0, 0.1) is 0 Å². The predicted molar refractivity (Wildman–Crippen MR) is 58.5 cm³/mol. The Morgan fingerprint density at radius 3 is 2.29 bits per heavy atom. The quantitative estimate of drug-likeness (QED) is 0.402. The fraction of sp³-hybridized carbons (Fsp3) is 0.800. The second-order valence-electron chi connectivity index (χ2n) is 4.77. The van der Waals surface area contributed by atoms with E-state index in [9.17, 15) is 0 Å². The van der Waals surface area contributed by atoms with E-state index in [2.05, 4.69) is 19.6 Å². The van der Waals surface area contributed by atoms with Gasteiger partial charge in [0.25, 0.3) is 5.95 Å². The molecule has 3 nitrogen and oxygen atoms in total. The molecule has 1 unspecified atom stereocenters. The lowest BCUT2D eigenvalue weighted by atomic mass is 10.4. The van der Waals surface area contributed by atoms with Gasteiger partial charge in [0, 0.05) is 5.57 Å². The highest BCUT2D eigenvalue weighted by Gasteiger charge is 2.25. The highest BCUT2D eigenvalue weighted by molar-refractivity contribution is 6.70. The van der Waals surface area contributed by atoms with Gasteiger partial charge < -0.3 is 13.9 Å². The molecule has 82 valence electrons. The van der Waals surface area contributed by atoms with Gasteiger partial charge in [-0.2, -0.15) is 0 Å². The Morgan fingerprint density at radius 2 is 1.93 bits per heavy atom. The average Bonchev–Trinajstić information content (AvgIpc) is 2.78. The molecule has 0 aromatic carbocycles. The first kappa shape index (κ1) is 11.6. The van der Waals surface area contributed by atoms with E-state index in [4.69, 9.17) is 13.9 Å². The maximum atomic E-state index is 5.82. The summed E-state index contributed by atoms with van der Waals surface area (Å²) < 4.78 is 16.5. The maximum Gasteiger partial charge on any atom is 0.263 e. The first-order valence-electron chi connectivity index (χ1n) is 4.99. The van der Waals surface area contributed by atoms with Crippen LogP contribution in [0.25, 0.3) is 0 Å². The van der Waals surface area contributed by atoms with Gasteiger partial charge in [0.05, 0.1) is 6.61 Å². The molecule has 0 aliphatic carbocycles. The third kappa shape index (κ3) is 4.67. The van der Waals surface area contributed by atoms with Gasteiger partial charge in [0.15, 0.2) is 0 Å². The molecule has 1 aliphatic rings. The van der Waals surface area contributed by atoms with Crippen molar-refractivity contribution in [2.45, 2.75) is 39.6 Å². The average molecular weight is 216 g/mol. The Morgan fingerprint density at radius 1 is 1.36 bits per heavy atom. The van der Waals surface area contributed by atoms with Crippen molar-refractivity contribution in [1.29, 1.82) is 0 Å². The number of allylic oxidation sites excluding steroid dienone is 1. The van der Waals surface area contributed by atoms with E-state index in [1.165, 1.54) is 0 Å². The van der Waals surface area contributed by atoms with Crippen LogP contribution in [0.4, 0.5) is 0 Å². The summed E-state index contributed by atoms with van der Waals surface area (Å²) in [6, 6.07) is 0. The maximum absolute atomic E-state index is 5.82. The molecule has 1 rings (SSSR count). The van der Waals surface area contributed by atoms with E-state index >= 15 is 0 Å². The zero-order chi connectivity index (χ0) is 10.8. The lowest BCUT2D eigenvalue weighted by Crippen LogP contribution is -2.26. The molecule has 0 bridgehead atoms. The van der Waals surface area contributed by atoms with Crippen molar-refractivity contribution in [3.8, 4) is 0 Å². The Hall–Kier alpha value is -0.483. The number of epoxide rings is 1. The van der Waals surface area contributed by atoms with E-state index in [-0.39, 0.29) is 6.10 Å². The standard InChI is InChI=1S/C10H20O3Si/c1-8(2)10(13-14(3,4)5)12-7-9-6-11-9/h9H,6-7H2,1-5H3. The summed E-state index contributed by atoms with van der Waals surface area (Å²) >= 11 is 0. The predicted octanol–water partition coefficient (Wildman–Crippen LogP) is 2.50. The Balaban J connectivity index is 2.42. The van der Waals surface area contributed by atoms with Crippen LogP contribution in [0.15, 0.2) is 11.5 Å². The van der Waals surface area contributed by atoms with Crippen LogP contribution < -0.4 is 0 Å². The summed E-state index contributed by atoms with van der Waals surface area (Å²) in [5.74, 6) is 0.694. The topological polar surface area (TPSA) is 31.0 Å². The summed E-state index contributed by atoms with van der Waals surface area (Å²) in [6.45, 7) is 11.9. The minimum Gasteiger partial charge on any atom is -0.520 e. The fourth-order valence-electron chi connectivity index (χ4n) is 0.887. The highest BCUT2D eigenvalue weighted by atomic mass is 28.4. The summed E-state index contributed by atoms with van der Waals surface area (Å²) in [6.07, 6.45) is 0.287. The van der Waals surface area contributed by atoms with Crippen molar-refractivity contribution < 1.29 is 13.9 Å². The lowest BCUT2D eigenvalue weighted by molar-refractivity contribution is 0.0869. The van der Waals surface area contributed by atoms with Gasteiger partial charge in [0.2, 0.25) is 8.32 Å². The normalized spacial score (nSPS) is 20.2. The Labute approximate surface area is 87.2 Å². The van der Waals surface area contributed by atoms with Gasteiger partial charge in [-0.05, 0) is 33.5 Å². The molecule has 1 saturated heterocycles. The van der Waals surface area contributed by atoms with Crippen molar-refractivity contribution in [3.63, 3.8) is 0 Å². The van der Waals surface area contributed by atoms with Gasteiger partial charge in [0.1, 0.15) is 12.7 Å². The highest BCUT2D eigenvalue weighted by Crippen LogP contribution is 2.18.